The summed E-state index contributed by atoms with van der Waals surface area (Å²) in [5, 5.41) is 11.6. The molecule has 0 radical (unpaired) electrons. The minimum absolute atomic E-state index is 0.0947. The monoisotopic (exact) mass is 398 g/mol. The van der Waals surface area contributed by atoms with Crippen LogP contribution in [0.15, 0.2) is 48.5 Å². The van der Waals surface area contributed by atoms with Gasteiger partial charge in [-0.15, -0.1) is 0 Å². The number of anilines is 1. The third-order valence-corrected chi connectivity index (χ3v) is 5.08. The zero-order chi connectivity index (χ0) is 20.3. The molecular weight excluding hydrogens is 380 g/mol. The second-order valence-electron chi connectivity index (χ2n) is 6.19. The fourth-order valence-corrected chi connectivity index (χ4v) is 3.48. The summed E-state index contributed by atoms with van der Waals surface area (Å²) in [6.45, 7) is 0. The van der Waals surface area contributed by atoms with E-state index in [4.69, 9.17) is 5.11 Å². The van der Waals surface area contributed by atoms with Gasteiger partial charge in [-0.05, 0) is 54.8 Å². The number of aromatic carboxylic acids is 1. The Bertz CT molecular complexity index is 907. The molecule has 0 saturated heterocycles. The van der Waals surface area contributed by atoms with Gasteiger partial charge >= 0.3 is 5.97 Å². The topological polar surface area (TPSA) is 104 Å². The maximum atomic E-state index is 12.9. The maximum absolute atomic E-state index is 12.9. The molecule has 1 aliphatic rings. The van der Waals surface area contributed by atoms with Gasteiger partial charge in [-0.1, -0.05) is 12.1 Å². The molecule has 0 aromatic heterocycles. The quantitative estimate of drug-likeness (QED) is 0.695. The molecule has 8 heteroatoms. The first-order valence-corrected chi connectivity index (χ1v) is 9.93. The van der Waals surface area contributed by atoms with E-state index in [-0.39, 0.29) is 5.56 Å². The van der Waals surface area contributed by atoms with Crippen molar-refractivity contribution >= 4 is 41.1 Å². The summed E-state index contributed by atoms with van der Waals surface area (Å²) in [5.41, 5.74) is 1.07. The van der Waals surface area contributed by atoms with Crippen molar-refractivity contribution < 1.29 is 24.3 Å². The second-order valence-corrected chi connectivity index (χ2v) is 7.18. The Labute approximate surface area is 165 Å². The van der Waals surface area contributed by atoms with E-state index in [1.165, 1.54) is 36.0 Å². The van der Waals surface area contributed by atoms with Crippen LogP contribution in [0.5, 0.6) is 0 Å². The number of thioether (sulfide) groups is 1. The average molecular weight is 398 g/mol. The van der Waals surface area contributed by atoms with Crippen LogP contribution in [0, 0.1) is 0 Å². The fourth-order valence-electron chi connectivity index (χ4n) is 3.02. The number of amides is 3. The summed E-state index contributed by atoms with van der Waals surface area (Å²) in [4.78, 5) is 50.3. The lowest BCUT2D eigenvalue weighted by Gasteiger charge is -2.25. The van der Waals surface area contributed by atoms with Gasteiger partial charge in [0.05, 0.1) is 16.7 Å². The molecule has 3 rings (SSSR count). The van der Waals surface area contributed by atoms with Crippen molar-refractivity contribution in [3.8, 4) is 0 Å². The minimum Gasteiger partial charge on any atom is -0.478 e. The number of imide groups is 1. The average Bonchev–Trinajstić information content (AvgIpc) is 2.94. The van der Waals surface area contributed by atoms with Crippen molar-refractivity contribution in [3.05, 3.63) is 65.2 Å². The van der Waals surface area contributed by atoms with Gasteiger partial charge in [0, 0.05) is 5.69 Å². The van der Waals surface area contributed by atoms with Crippen molar-refractivity contribution in [1.29, 1.82) is 0 Å². The molecule has 2 aromatic carbocycles. The Morgan fingerprint density at radius 1 is 1.04 bits per heavy atom. The van der Waals surface area contributed by atoms with Crippen LogP contribution in [0.25, 0.3) is 0 Å². The molecule has 1 unspecified atom stereocenters. The van der Waals surface area contributed by atoms with E-state index in [0.717, 1.165) is 4.90 Å². The number of nitrogens with one attached hydrogen (secondary N) is 1. The molecule has 0 fully saturated rings. The second kappa shape index (κ2) is 8.26. The summed E-state index contributed by atoms with van der Waals surface area (Å²) in [6, 6.07) is 11.2. The number of fused-ring (bicyclic) bond motifs is 1. The highest BCUT2D eigenvalue weighted by Crippen LogP contribution is 2.26. The fraction of sp³-hybridized carbons (Fsp3) is 0.200. The van der Waals surface area contributed by atoms with Gasteiger partial charge in [0.2, 0.25) is 5.91 Å². The van der Waals surface area contributed by atoms with E-state index >= 15 is 0 Å². The van der Waals surface area contributed by atoms with E-state index < -0.39 is 29.7 Å². The van der Waals surface area contributed by atoms with Crippen LogP contribution in [-0.4, -0.2) is 51.7 Å². The lowest BCUT2D eigenvalue weighted by atomic mass is 10.1. The zero-order valence-corrected chi connectivity index (χ0v) is 15.9. The molecule has 2 N–H and O–H groups in total. The van der Waals surface area contributed by atoms with E-state index in [1.807, 2.05) is 6.26 Å². The first-order valence-electron chi connectivity index (χ1n) is 8.54. The van der Waals surface area contributed by atoms with Gasteiger partial charge in [-0.2, -0.15) is 11.8 Å². The van der Waals surface area contributed by atoms with Gasteiger partial charge in [0.25, 0.3) is 11.8 Å². The lowest BCUT2D eigenvalue weighted by Crippen LogP contribution is -2.47. The third-order valence-electron chi connectivity index (χ3n) is 4.43. The van der Waals surface area contributed by atoms with E-state index in [0.29, 0.717) is 29.0 Å². The van der Waals surface area contributed by atoms with Crippen molar-refractivity contribution in [2.75, 3.05) is 17.3 Å². The van der Waals surface area contributed by atoms with Crippen molar-refractivity contribution in [2.24, 2.45) is 0 Å². The molecule has 3 amide bonds. The van der Waals surface area contributed by atoms with Gasteiger partial charge in [-0.25, -0.2) is 4.79 Å². The van der Waals surface area contributed by atoms with E-state index in [2.05, 4.69) is 5.32 Å². The number of carboxylic acid groups (broad SMARTS) is 1. The minimum atomic E-state index is -1.07. The van der Waals surface area contributed by atoms with Crippen LogP contribution in [0.3, 0.4) is 0 Å². The van der Waals surface area contributed by atoms with Crippen molar-refractivity contribution in [2.45, 2.75) is 12.5 Å². The first kappa shape index (κ1) is 19.6. The Kier molecular flexibility index (Phi) is 5.79. The van der Waals surface area contributed by atoms with E-state index in [9.17, 15) is 19.2 Å². The lowest BCUT2D eigenvalue weighted by molar-refractivity contribution is -0.120. The Hall–Kier alpha value is -3.13. The Morgan fingerprint density at radius 3 is 2.11 bits per heavy atom. The standard InChI is InChI=1S/C20H18N2O5S/c1-28-11-10-16(17(23)21-13-8-6-12(7-9-13)20(26)27)22-18(24)14-4-2-3-5-15(14)19(22)25/h2-9,16H,10-11H2,1H3,(H,21,23)(H,26,27). The highest BCUT2D eigenvalue weighted by Gasteiger charge is 2.42. The molecule has 1 atom stereocenters. The number of hydrogen-bond donors (Lipinski definition) is 2. The predicted molar refractivity (Wildman–Crippen MR) is 106 cm³/mol. The number of rotatable bonds is 7. The molecule has 0 aliphatic carbocycles. The largest absolute Gasteiger partial charge is 0.478 e. The van der Waals surface area contributed by atoms with Crippen LogP contribution in [-0.2, 0) is 4.79 Å². The molecule has 28 heavy (non-hydrogen) atoms. The summed E-state index contributed by atoms with van der Waals surface area (Å²) in [5.74, 6) is -1.94. The van der Waals surface area contributed by atoms with Crippen LogP contribution >= 0.6 is 11.8 Å². The number of carboxylic acids is 1. The normalized spacial score (nSPS) is 14.0. The molecular formula is C20H18N2O5S. The van der Waals surface area contributed by atoms with Gasteiger partial charge in [0.15, 0.2) is 0 Å². The smallest absolute Gasteiger partial charge is 0.335 e. The molecule has 144 valence electrons. The van der Waals surface area contributed by atoms with Gasteiger partial charge < -0.3 is 10.4 Å². The first-order chi connectivity index (χ1) is 13.4. The molecule has 1 heterocycles. The molecule has 0 spiro atoms. The number of nitrogens with zero attached hydrogens (tertiary/aromatic N) is 1. The molecule has 0 bridgehead atoms. The van der Waals surface area contributed by atoms with Gasteiger partial charge in [0.1, 0.15) is 6.04 Å². The van der Waals surface area contributed by atoms with Crippen LogP contribution in [0.4, 0.5) is 5.69 Å². The summed E-state index contributed by atoms with van der Waals surface area (Å²) < 4.78 is 0. The summed E-state index contributed by atoms with van der Waals surface area (Å²) >= 11 is 1.51. The number of carbonyl (C=O) groups is 4. The van der Waals surface area contributed by atoms with Gasteiger partial charge in [-0.3, -0.25) is 19.3 Å². The number of carbonyl (C=O) groups excluding carboxylic acids is 3. The van der Waals surface area contributed by atoms with Crippen LogP contribution in [0.1, 0.15) is 37.5 Å². The summed E-state index contributed by atoms with van der Waals surface area (Å²) in [7, 11) is 0. The van der Waals surface area contributed by atoms with Crippen molar-refractivity contribution in [1.82, 2.24) is 4.90 Å². The highest BCUT2D eigenvalue weighted by molar-refractivity contribution is 7.98. The van der Waals surface area contributed by atoms with Crippen LogP contribution < -0.4 is 5.32 Å². The Morgan fingerprint density at radius 2 is 1.61 bits per heavy atom. The third kappa shape index (κ3) is 3.77. The molecule has 7 nitrogen and oxygen atoms in total. The van der Waals surface area contributed by atoms with E-state index in [1.54, 1.807) is 24.3 Å². The molecule has 2 aromatic rings. The van der Waals surface area contributed by atoms with Crippen molar-refractivity contribution in [3.63, 3.8) is 0 Å². The maximum Gasteiger partial charge on any atom is 0.335 e. The highest BCUT2D eigenvalue weighted by atomic mass is 32.2. The molecule has 1 aliphatic heterocycles. The SMILES string of the molecule is CSCCC(C(=O)Nc1ccc(C(=O)O)cc1)N1C(=O)c2ccccc2C1=O. The predicted octanol–water partition coefficient (Wildman–Crippen LogP) is 2.74. The number of hydrogen-bond acceptors (Lipinski definition) is 5. The van der Waals surface area contributed by atoms with Crippen LogP contribution in [0.2, 0.25) is 0 Å². The number of benzene rings is 2. The summed E-state index contributed by atoms with van der Waals surface area (Å²) in [6.07, 6.45) is 2.19. The zero-order valence-electron chi connectivity index (χ0n) is 15.0. The Balaban J connectivity index is 1.84. The molecule has 0 saturated carbocycles.